The smallest absolute Gasteiger partial charge is 0.137 e. The summed E-state index contributed by atoms with van der Waals surface area (Å²) in [6, 6.07) is 9.13. The second kappa shape index (κ2) is 4.47. The molecule has 2 heterocycles. The highest BCUT2D eigenvalue weighted by atomic mass is 35.5. The molecule has 0 spiro atoms. The summed E-state index contributed by atoms with van der Waals surface area (Å²) in [6.07, 6.45) is 3.67. The highest BCUT2D eigenvalue weighted by Gasteiger charge is 2.10. The summed E-state index contributed by atoms with van der Waals surface area (Å²) in [5.41, 5.74) is 2.39. The number of benzene rings is 1. The minimum Gasteiger partial charge on any atom is -0.305 e. The van der Waals surface area contributed by atoms with E-state index in [0.717, 1.165) is 16.9 Å². The predicted octanol–water partition coefficient (Wildman–Crippen LogP) is 4.96. The zero-order valence-electron chi connectivity index (χ0n) is 9.07. The lowest BCUT2D eigenvalue weighted by atomic mass is 10.2. The van der Waals surface area contributed by atoms with Crippen LogP contribution in [0.15, 0.2) is 42.7 Å². The lowest BCUT2D eigenvalue weighted by Gasteiger charge is -2.01. The maximum Gasteiger partial charge on any atom is 0.137 e. The minimum atomic E-state index is 0.508. The molecule has 2 nitrogen and oxygen atoms in total. The van der Waals surface area contributed by atoms with Crippen LogP contribution in [0.25, 0.3) is 16.9 Å². The molecule has 0 saturated heterocycles. The van der Waals surface area contributed by atoms with Gasteiger partial charge < -0.3 is 4.40 Å². The van der Waals surface area contributed by atoms with Gasteiger partial charge in [0.15, 0.2) is 0 Å². The standard InChI is InChI=1S/C13H7Cl3N2/c14-8-4-5-12-17-11(7-18(12)6-8)9-2-1-3-10(15)13(9)16/h1-7H. The van der Waals surface area contributed by atoms with Crippen LogP contribution in [0.2, 0.25) is 15.1 Å². The summed E-state index contributed by atoms with van der Waals surface area (Å²) in [5.74, 6) is 0. The summed E-state index contributed by atoms with van der Waals surface area (Å²) in [6.45, 7) is 0. The molecular formula is C13H7Cl3N2. The van der Waals surface area contributed by atoms with Crippen molar-refractivity contribution >= 4 is 40.4 Å². The Hall–Kier alpha value is -1.22. The maximum absolute atomic E-state index is 6.18. The molecule has 0 fully saturated rings. The highest BCUT2D eigenvalue weighted by Crippen LogP contribution is 2.33. The molecular weight excluding hydrogens is 291 g/mol. The molecule has 0 unspecified atom stereocenters. The third kappa shape index (κ3) is 1.97. The average Bonchev–Trinajstić information content (AvgIpc) is 2.75. The Balaban J connectivity index is 2.22. The topological polar surface area (TPSA) is 17.3 Å². The molecule has 0 aliphatic rings. The molecule has 18 heavy (non-hydrogen) atoms. The van der Waals surface area contributed by atoms with Crippen LogP contribution < -0.4 is 0 Å². The van der Waals surface area contributed by atoms with E-state index in [1.165, 1.54) is 0 Å². The molecule has 0 aliphatic heterocycles. The number of hydrogen-bond donors (Lipinski definition) is 0. The first-order valence-corrected chi connectivity index (χ1v) is 6.37. The van der Waals surface area contributed by atoms with Crippen molar-refractivity contribution in [1.29, 1.82) is 0 Å². The van der Waals surface area contributed by atoms with Gasteiger partial charge in [0.05, 0.1) is 20.8 Å². The molecule has 3 rings (SSSR count). The van der Waals surface area contributed by atoms with E-state index in [1.54, 1.807) is 18.3 Å². The van der Waals surface area contributed by atoms with Crippen molar-refractivity contribution < 1.29 is 0 Å². The monoisotopic (exact) mass is 296 g/mol. The Bertz CT molecular complexity index is 734. The molecule has 2 aromatic heterocycles. The van der Waals surface area contributed by atoms with Gasteiger partial charge in [-0.15, -0.1) is 0 Å². The van der Waals surface area contributed by atoms with Gasteiger partial charge in [0.2, 0.25) is 0 Å². The lowest BCUT2D eigenvalue weighted by Crippen LogP contribution is -1.79. The molecule has 0 bridgehead atoms. The minimum absolute atomic E-state index is 0.508. The quantitative estimate of drug-likeness (QED) is 0.620. The first-order valence-electron chi connectivity index (χ1n) is 5.24. The van der Waals surface area contributed by atoms with Crippen LogP contribution in [-0.2, 0) is 0 Å². The van der Waals surface area contributed by atoms with Crippen LogP contribution in [0.1, 0.15) is 0 Å². The van der Waals surface area contributed by atoms with E-state index in [1.807, 2.05) is 28.8 Å². The van der Waals surface area contributed by atoms with Crippen molar-refractivity contribution in [3.63, 3.8) is 0 Å². The Labute approximate surface area is 119 Å². The Kier molecular flexibility index (Phi) is 2.94. The first kappa shape index (κ1) is 11.8. The van der Waals surface area contributed by atoms with Gasteiger partial charge in [-0.2, -0.15) is 0 Å². The number of hydrogen-bond acceptors (Lipinski definition) is 1. The fourth-order valence-corrected chi connectivity index (χ4v) is 2.36. The summed E-state index contributed by atoms with van der Waals surface area (Å²) in [7, 11) is 0. The summed E-state index contributed by atoms with van der Waals surface area (Å²) in [5, 5.41) is 1.68. The Morgan fingerprint density at radius 1 is 0.944 bits per heavy atom. The number of halogens is 3. The van der Waals surface area contributed by atoms with Crippen LogP contribution in [0.3, 0.4) is 0 Å². The Morgan fingerprint density at radius 2 is 1.78 bits per heavy atom. The number of imidazole rings is 1. The zero-order chi connectivity index (χ0) is 12.7. The van der Waals surface area contributed by atoms with Crippen molar-refractivity contribution in [3.8, 4) is 11.3 Å². The lowest BCUT2D eigenvalue weighted by molar-refractivity contribution is 1.19. The molecule has 0 saturated carbocycles. The molecule has 1 aromatic carbocycles. The van der Waals surface area contributed by atoms with Gasteiger partial charge in [-0.1, -0.05) is 46.9 Å². The number of nitrogens with zero attached hydrogens (tertiary/aromatic N) is 2. The van der Waals surface area contributed by atoms with Crippen molar-refractivity contribution in [2.24, 2.45) is 0 Å². The van der Waals surface area contributed by atoms with E-state index in [9.17, 15) is 0 Å². The molecule has 0 N–H and O–H groups in total. The van der Waals surface area contributed by atoms with Gasteiger partial charge in [0.25, 0.3) is 0 Å². The van der Waals surface area contributed by atoms with Gasteiger partial charge in [-0.3, -0.25) is 0 Å². The summed E-state index contributed by atoms with van der Waals surface area (Å²) in [4.78, 5) is 4.49. The van der Waals surface area contributed by atoms with E-state index >= 15 is 0 Å². The van der Waals surface area contributed by atoms with Gasteiger partial charge in [-0.05, 0) is 18.2 Å². The highest BCUT2D eigenvalue weighted by molar-refractivity contribution is 6.43. The number of pyridine rings is 1. The van der Waals surface area contributed by atoms with E-state index in [4.69, 9.17) is 34.8 Å². The van der Waals surface area contributed by atoms with Gasteiger partial charge in [0.1, 0.15) is 5.65 Å². The van der Waals surface area contributed by atoms with Crippen LogP contribution in [-0.4, -0.2) is 9.38 Å². The maximum atomic E-state index is 6.18. The first-order chi connectivity index (χ1) is 8.65. The second-order valence-corrected chi connectivity index (χ2v) is 5.06. The fraction of sp³-hybridized carbons (Fsp3) is 0. The molecule has 3 aromatic rings. The molecule has 0 radical (unpaired) electrons. The molecule has 0 amide bonds. The van der Waals surface area contributed by atoms with Crippen LogP contribution in [0.4, 0.5) is 0 Å². The average molecular weight is 298 g/mol. The largest absolute Gasteiger partial charge is 0.305 e. The summed E-state index contributed by atoms with van der Waals surface area (Å²) < 4.78 is 1.86. The van der Waals surface area contributed by atoms with E-state index in [0.29, 0.717) is 15.1 Å². The van der Waals surface area contributed by atoms with Crippen molar-refractivity contribution in [3.05, 3.63) is 57.8 Å². The number of fused-ring (bicyclic) bond motifs is 1. The molecule has 0 aliphatic carbocycles. The van der Waals surface area contributed by atoms with Gasteiger partial charge in [-0.25, -0.2) is 4.98 Å². The van der Waals surface area contributed by atoms with Gasteiger partial charge >= 0.3 is 0 Å². The Morgan fingerprint density at radius 3 is 2.61 bits per heavy atom. The van der Waals surface area contributed by atoms with Crippen molar-refractivity contribution in [2.75, 3.05) is 0 Å². The zero-order valence-corrected chi connectivity index (χ0v) is 11.3. The number of rotatable bonds is 1. The predicted molar refractivity (Wildman–Crippen MR) is 75.7 cm³/mol. The van der Waals surface area contributed by atoms with Crippen LogP contribution in [0.5, 0.6) is 0 Å². The van der Waals surface area contributed by atoms with Crippen molar-refractivity contribution in [1.82, 2.24) is 9.38 Å². The molecule has 5 heteroatoms. The van der Waals surface area contributed by atoms with Crippen LogP contribution >= 0.6 is 34.8 Å². The SMILES string of the molecule is Clc1ccc2nc(-c3cccc(Cl)c3Cl)cn2c1. The third-order valence-corrected chi connectivity index (χ3v) is 3.68. The van der Waals surface area contributed by atoms with Crippen LogP contribution in [0, 0.1) is 0 Å². The normalized spacial score (nSPS) is 11.1. The second-order valence-electron chi connectivity index (χ2n) is 3.84. The van der Waals surface area contributed by atoms with E-state index in [2.05, 4.69) is 4.98 Å². The van der Waals surface area contributed by atoms with Gasteiger partial charge in [0, 0.05) is 18.0 Å². The summed E-state index contributed by atoms with van der Waals surface area (Å²) >= 11 is 18.1. The number of aromatic nitrogens is 2. The molecule has 0 atom stereocenters. The van der Waals surface area contributed by atoms with E-state index in [-0.39, 0.29) is 0 Å². The van der Waals surface area contributed by atoms with Crippen molar-refractivity contribution in [2.45, 2.75) is 0 Å². The molecule has 90 valence electrons. The third-order valence-electron chi connectivity index (χ3n) is 2.64. The van der Waals surface area contributed by atoms with E-state index < -0.39 is 0 Å². The fourth-order valence-electron chi connectivity index (χ4n) is 1.80.